The van der Waals surface area contributed by atoms with E-state index in [0.717, 1.165) is 11.4 Å². The molecule has 4 aromatic rings. The smallest absolute Gasteiger partial charge is 0.260 e. The van der Waals surface area contributed by atoms with E-state index in [4.69, 9.17) is 21.1 Å². The number of ether oxygens (including phenoxy) is 2. The average molecular weight is 480 g/mol. The molecule has 1 aliphatic heterocycles. The van der Waals surface area contributed by atoms with Crippen molar-refractivity contribution >= 4 is 34.5 Å². The van der Waals surface area contributed by atoms with Crippen LogP contribution in [-0.2, 0) is 4.79 Å². The molecule has 0 atom stereocenters. The van der Waals surface area contributed by atoms with Gasteiger partial charge < -0.3 is 19.3 Å². The highest BCUT2D eigenvalue weighted by atomic mass is 35.5. The van der Waals surface area contributed by atoms with Crippen LogP contribution in [0, 0.1) is 0 Å². The molecule has 0 aliphatic carbocycles. The van der Waals surface area contributed by atoms with E-state index in [9.17, 15) is 4.79 Å². The Morgan fingerprint density at radius 1 is 0.971 bits per heavy atom. The number of aromatic nitrogens is 5. The molecular weight excluding hydrogens is 458 g/mol. The minimum Gasteiger partial charge on any atom is -0.497 e. The van der Waals surface area contributed by atoms with Gasteiger partial charge in [-0.15, -0.1) is 5.10 Å². The van der Waals surface area contributed by atoms with Gasteiger partial charge in [0.25, 0.3) is 5.91 Å². The molecule has 0 radical (unpaired) electrons. The zero-order valence-corrected chi connectivity index (χ0v) is 19.2. The maximum absolute atomic E-state index is 12.6. The summed E-state index contributed by atoms with van der Waals surface area (Å²) in [5.74, 6) is 2.01. The van der Waals surface area contributed by atoms with Gasteiger partial charge in [-0.25, -0.2) is 9.97 Å². The van der Waals surface area contributed by atoms with Crippen molar-refractivity contribution in [1.82, 2.24) is 29.9 Å². The number of amides is 1. The van der Waals surface area contributed by atoms with Gasteiger partial charge in [-0.05, 0) is 48.5 Å². The molecule has 174 valence electrons. The average Bonchev–Trinajstić information content (AvgIpc) is 3.33. The van der Waals surface area contributed by atoms with Crippen molar-refractivity contribution in [2.45, 2.75) is 0 Å². The van der Waals surface area contributed by atoms with Gasteiger partial charge >= 0.3 is 0 Å². The van der Waals surface area contributed by atoms with Gasteiger partial charge in [-0.2, -0.15) is 4.68 Å². The molecule has 2 aromatic heterocycles. The monoisotopic (exact) mass is 479 g/mol. The summed E-state index contributed by atoms with van der Waals surface area (Å²) in [5, 5.41) is 9.25. The fourth-order valence-corrected chi connectivity index (χ4v) is 3.93. The predicted molar refractivity (Wildman–Crippen MR) is 127 cm³/mol. The van der Waals surface area contributed by atoms with Gasteiger partial charge in [0, 0.05) is 31.2 Å². The highest BCUT2D eigenvalue weighted by molar-refractivity contribution is 6.30. The van der Waals surface area contributed by atoms with Gasteiger partial charge in [0.05, 0.1) is 12.8 Å². The first kappa shape index (κ1) is 21.9. The molecule has 10 nitrogen and oxygen atoms in total. The number of halogens is 1. The third-order valence-electron chi connectivity index (χ3n) is 5.64. The van der Waals surface area contributed by atoms with Crippen LogP contribution in [-0.4, -0.2) is 75.7 Å². The minimum atomic E-state index is -0.0621. The van der Waals surface area contributed by atoms with E-state index in [1.807, 2.05) is 24.3 Å². The molecule has 11 heteroatoms. The van der Waals surface area contributed by atoms with Gasteiger partial charge in [0.15, 0.2) is 23.6 Å². The molecule has 3 heterocycles. The van der Waals surface area contributed by atoms with Crippen LogP contribution < -0.4 is 14.4 Å². The molecule has 34 heavy (non-hydrogen) atoms. The summed E-state index contributed by atoms with van der Waals surface area (Å²) < 4.78 is 12.5. The van der Waals surface area contributed by atoms with Crippen molar-refractivity contribution in [1.29, 1.82) is 0 Å². The van der Waals surface area contributed by atoms with Gasteiger partial charge in [-0.3, -0.25) is 4.79 Å². The lowest BCUT2D eigenvalue weighted by atomic mass is 10.3. The molecule has 0 N–H and O–H groups in total. The van der Waals surface area contributed by atoms with Crippen LogP contribution in [0.15, 0.2) is 54.9 Å². The first-order valence-electron chi connectivity index (χ1n) is 10.7. The van der Waals surface area contributed by atoms with Crippen LogP contribution in [0.25, 0.3) is 16.9 Å². The van der Waals surface area contributed by atoms with E-state index in [1.165, 1.54) is 6.33 Å². The highest BCUT2D eigenvalue weighted by Crippen LogP contribution is 2.24. The van der Waals surface area contributed by atoms with E-state index in [2.05, 4.69) is 25.2 Å². The van der Waals surface area contributed by atoms with Crippen LogP contribution in [0.3, 0.4) is 0 Å². The maximum Gasteiger partial charge on any atom is 0.260 e. The highest BCUT2D eigenvalue weighted by Gasteiger charge is 2.25. The topological polar surface area (TPSA) is 98.5 Å². The zero-order chi connectivity index (χ0) is 23.5. The van der Waals surface area contributed by atoms with E-state index < -0.39 is 0 Å². The van der Waals surface area contributed by atoms with Crippen LogP contribution in [0.4, 0.5) is 5.82 Å². The number of carbonyl (C=O) groups is 1. The Morgan fingerprint density at radius 2 is 1.68 bits per heavy atom. The number of rotatable bonds is 6. The maximum atomic E-state index is 12.6. The van der Waals surface area contributed by atoms with Gasteiger partial charge in [0.2, 0.25) is 0 Å². The zero-order valence-electron chi connectivity index (χ0n) is 18.5. The van der Waals surface area contributed by atoms with Crippen LogP contribution >= 0.6 is 11.6 Å². The predicted octanol–water partition coefficient (Wildman–Crippen LogP) is 2.60. The molecule has 1 aliphatic rings. The standard InChI is InChI=1S/C23H22ClN7O3/c1-33-18-8-4-17(5-9-18)31-23-21(27-28-31)22(25-15-26-23)30-12-10-29(11-13-30)20(32)14-34-19-6-2-16(24)3-7-19/h2-9,15H,10-14H2,1H3. The summed E-state index contributed by atoms with van der Waals surface area (Å²) in [6, 6.07) is 14.5. The summed E-state index contributed by atoms with van der Waals surface area (Å²) >= 11 is 5.88. The van der Waals surface area contributed by atoms with Gasteiger partial charge in [-0.1, -0.05) is 16.8 Å². The van der Waals surface area contributed by atoms with Crippen LogP contribution in [0.2, 0.25) is 5.02 Å². The van der Waals surface area contributed by atoms with Crippen molar-refractivity contribution in [2.24, 2.45) is 0 Å². The number of hydrogen-bond acceptors (Lipinski definition) is 8. The van der Waals surface area contributed by atoms with Crippen molar-refractivity contribution in [3.8, 4) is 17.2 Å². The first-order valence-corrected chi connectivity index (χ1v) is 11.1. The first-order chi connectivity index (χ1) is 16.6. The number of piperazine rings is 1. The number of methoxy groups -OCH3 is 1. The second kappa shape index (κ2) is 9.52. The summed E-state index contributed by atoms with van der Waals surface area (Å²) in [7, 11) is 1.62. The molecule has 0 spiro atoms. The molecule has 0 saturated carbocycles. The van der Waals surface area contributed by atoms with E-state index in [1.54, 1.807) is 41.0 Å². The minimum absolute atomic E-state index is 0.0183. The summed E-state index contributed by atoms with van der Waals surface area (Å²) in [5.41, 5.74) is 2.05. The summed E-state index contributed by atoms with van der Waals surface area (Å²) in [6.45, 7) is 2.33. The van der Waals surface area contributed by atoms with Gasteiger partial charge in [0.1, 0.15) is 17.8 Å². The molecule has 0 unspecified atom stereocenters. The Morgan fingerprint density at radius 3 is 2.38 bits per heavy atom. The lowest BCUT2D eigenvalue weighted by molar-refractivity contribution is -0.133. The Kier molecular flexibility index (Phi) is 6.13. The fourth-order valence-electron chi connectivity index (χ4n) is 3.80. The molecule has 5 rings (SSSR count). The Hall–Kier alpha value is -3.92. The fraction of sp³-hybridized carbons (Fsp3) is 0.261. The number of fused-ring (bicyclic) bond motifs is 1. The van der Waals surface area contributed by atoms with Crippen molar-refractivity contribution in [2.75, 3.05) is 44.8 Å². The Bertz CT molecular complexity index is 1290. The van der Waals surface area contributed by atoms with E-state index >= 15 is 0 Å². The second-order valence-electron chi connectivity index (χ2n) is 7.68. The molecule has 1 fully saturated rings. The van der Waals surface area contributed by atoms with Crippen molar-refractivity contribution in [3.05, 3.63) is 59.9 Å². The molecule has 1 amide bonds. The normalized spacial score (nSPS) is 13.8. The third-order valence-corrected chi connectivity index (χ3v) is 5.90. The van der Waals surface area contributed by atoms with E-state index in [-0.39, 0.29) is 12.5 Å². The van der Waals surface area contributed by atoms with Crippen LogP contribution in [0.5, 0.6) is 11.5 Å². The largest absolute Gasteiger partial charge is 0.497 e. The summed E-state index contributed by atoms with van der Waals surface area (Å²) in [6.07, 6.45) is 1.51. The Balaban J connectivity index is 1.25. The number of carbonyl (C=O) groups excluding carboxylic acids is 1. The SMILES string of the molecule is COc1ccc(-n2nnc3c(N4CCN(C(=O)COc5ccc(Cl)cc5)CC4)ncnc32)cc1. The van der Waals surface area contributed by atoms with Crippen molar-refractivity contribution < 1.29 is 14.3 Å². The van der Waals surface area contributed by atoms with Crippen molar-refractivity contribution in [3.63, 3.8) is 0 Å². The number of benzene rings is 2. The number of nitrogens with zero attached hydrogens (tertiary/aromatic N) is 7. The Labute approximate surface area is 200 Å². The lowest BCUT2D eigenvalue weighted by Gasteiger charge is -2.35. The number of hydrogen-bond donors (Lipinski definition) is 0. The molecular formula is C23H22ClN7O3. The molecule has 1 saturated heterocycles. The second-order valence-corrected chi connectivity index (χ2v) is 8.12. The summed E-state index contributed by atoms with van der Waals surface area (Å²) in [4.78, 5) is 25.3. The quantitative estimate of drug-likeness (QED) is 0.416. The van der Waals surface area contributed by atoms with Crippen LogP contribution in [0.1, 0.15) is 0 Å². The van der Waals surface area contributed by atoms with E-state index in [0.29, 0.717) is 53.9 Å². The third kappa shape index (κ3) is 4.44. The lowest BCUT2D eigenvalue weighted by Crippen LogP contribution is -2.50. The number of anilines is 1. The molecule has 0 bridgehead atoms. The molecule has 2 aromatic carbocycles.